The number of benzene rings is 7. The number of aromatic nitrogens is 3. The Balaban J connectivity index is 1.21. The molecule has 0 spiro atoms. The van der Waals surface area contributed by atoms with Crippen molar-refractivity contribution in [2.45, 2.75) is 0 Å². The van der Waals surface area contributed by atoms with Gasteiger partial charge in [0.15, 0.2) is 17.5 Å². The number of rotatable bonds is 5. The molecule has 234 valence electrons. The number of fused-ring (bicyclic) bond motifs is 6. The van der Waals surface area contributed by atoms with E-state index in [2.05, 4.69) is 0 Å². The summed E-state index contributed by atoms with van der Waals surface area (Å²) in [6.07, 6.45) is 0. The lowest BCUT2D eigenvalue weighted by Crippen LogP contribution is -2.00. The first-order valence-electron chi connectivity index (χ1n) is 19.1. The molecule has 3 heterocycles. The molecular weight excluding hydrogens is 615 g/mol. The quantitative estimate of drug-likeness (QED) is 0.186. The van der Waals surface area contributed by atoms with E-state index >= 15 is 0 Å². The molecule has 0 saturated heterocycles. The van der Waals surface area contributed by atoms with Crippen LogP contribution in [-0.4, -0.2) is 15.0 Å². The van der Waals surface area contributed by atoms with Crippen molar-refractivity contribution in [3.05, 3.63) is 164 Å². The summed E-state index contributed by atoms with van der Waals surface area (Å²) in [7, 11) is 0. The zero-order chi connectivity index (χ0) is 38.2. The molecule has 5 nitrogen and oxygen atoms in total. The first-order valence-corrected chi connectivity index (χ1v) is 16.1. The minimum absolute atomic E-state index is 0.00222. The minimum Gasteiger partial charge on any atom is -0.456 e. The van der Waals surface area contributed by atoms with Gasteiger partial charge in [-0.3, -0.25) is 0 Å². The van der Waals surface area contributed by atoms with Crippen LogP contribution in [0.4, 0.5) is 0 Å². The van der Waals surface area contributed by atoms with E-state index in [1.807, 2.05) is 115 Å². The Hall–Kier alpha value is -6.85. The molecule has 0 saturated carbocycles. The molecule has 0 aliphatic heterocycles. The number of furan rings is 2. The average molecular weight is 648 g/mol. The highest BCUT2D eigenvalue weighted by atomic mass is 16.3. The van der Waals surface area contributed by atoms with Gasteiger partial charge >= 0.3 is 0 Å². The lowest BCUT2D eigenvalue weighted by molar-refractivity contribution is 0.669. The van der Waals surface area contributed by atoms with Crippen molar-refractivity contribution in [3.8, 4) is 56.4 Å². The van der Waals surface area contributed by atoms with Gasteiger partial charge in [-0.15, -0.1) is 0 Å². The molecule has 10 rings (SSSR count). The molecule has 0 amide bonds. The number of hydrogen-bond acceptors (Lipinski definition) is 5. The summed E-state index contributed by atoms with van der Waals surface area (Å²) in [5.41, 5.74) is 4.98. The van der Waals surface area contributed by atoms with E-state index in [1.165, 1.54) is 0 Å². The third-order valence-corrected chi connectivity index (χ3v) is 8.80. The van der Waals surface area contributed by atoms with Crippen LogP contribution in [0.3, 0.4) is 0 Å². The molecule has 0 bridgehead atoms. The third kappa shape index (κ3) is 4.75. The van der Waals surface area contributed by atoms with Crippen LogP contribution in [0, 0.1) is 0 Å². The summed E-state index contributed by atoms with van der Waals surface area (Å²) in [5.74, 6) is 0.632. The van der Waals surface area contributed by atoms with Crippen LogP contribution in [0.2, 0.25) is 0 Å². The Morgan fingerprint density at radius 3 is 1.84 bits per heavy atom. The average Bonchev–Trinajstić information content (AvgIpc) is 3.84. The first-order chi connectivity index (χ1) is 27.3. The fourth-order valence-corrected chi connectivity index (χ4v) is 6.42. The van der Waals surface area contributed by atoms with Gasteiger partial charge in [-0.05, 0) is 64.6 Å². The molecule has 0 atom stereocenters. The van der Waals surface area contributed by atoms with E-state index in [1.54, 1.807) is 12.1 Å². The number of hydrogen-bond donors (Lipinski definition) is 0. The maximum Gasteiger partial charge on any atom is 0.164 e. The van der Waals surface area contributed by atoms with Crippen molar-refractivity contribution < 1.29 is 17.1 Å². The van der Waals surface area contributed by atoms with Gasteiger partial charge in [-0.1, -0.05) is 121 Å². The third-order valence-electron chi connectivity index (χ3n) is 8.80. The molecule has 0 unspecified atom stereocenters. The molecule has 0 aliphatic rings. The predicted octanol–water partition coefficient (Wildman–Crippen LogP) is 12.0. The fourth-order valence-electron chi connectivity index (χ4n) is 6.42. The summed E-state index contributed by atoms with van der Waals surface area (Å²) < 4.78 is 68.1. The van der Waals surface area contributed by atoms with Crippen LogP contribution in [0.1, 0.15) is 8.22 Å². The molecule has 50 heavy (non-hydrogen) atoms. The predicted molar refractivity (Wildman–Crippen MR) is 202 cm³/mol. The Morgan fingerprint density at radius 1 is 0.380 bits per heavy atom. The number of para-hydroxylation sites is 1. The van der Waals surface area contributed by atoms with Crippen molar-refractivity contribution in [3.63, 3.8) is 0 Å². The molecule has 7 aromatic carbocycles. The van der Waals surface area contributed by atoms with Gasteiger partial charge in [0, 0.05) is 38.2 Å². The zero-order valence-corrected chi connectivity index (χ0v) is 26.3. The highest BCUT2D eigenvalue weighted by Gasteiger charge is 2.17. The summed E-state index contributed by atoms with van der Waals surface area (Å²) in [5, 5.41) is 1.61. The zero-order valence-electron chi connectivity index (χ0n) is 32.3. The lowest BCUT2D eigenvalue weighted by Gasteiger charge is -2.09. The highest BCUT2D eigenvalue weighted by Crippen LogP contribution is 2.40. The van der Waals surface area contributed by atoms with Crippen LogP contribution in [0.15, 0.2) is 172 Å². The summed E-state index contributed by atoms with van der Waals surface area (Å²) in [6.45, 7) is 0. The molecule has 10 aromatic rings. The van der Waals surface area contributed by atoms with Crippen LogP contribution in [0.5, 0.6) is 0 Å². The van der Waals surface area contributed by atoms with Crippen molar-refractivity contribution in [1.82, 2.24) is 15.0 Å². The Morgan fingerprint density at radius 2 is 1.00 bits per heavy atom. The van der Waals surface area contributed by atoms with E-state index in [9.17, 15) is 5.48 Å². The van der Waals surface area contributed by atoms with Gasteiger partial charge in [0.1, 0.15) is 22.3 Å². The first kappa shape index (κ1) is 22.7. The van der Waals surface area contributed by atoms with Gasteiger partial charge in [0.2, 0.25) is 0 Å². The largest absolute Gasteiger partial charge is 0.456 e. The molecule has 0 fully saturated rings. The molecule has 0 aliphatic carbocycles. The second kappa shape index (κ2) is 11.4. The monoisotopic (exact) mass is 647 g/mol. The highest BCUT2D eigenvalue weighted by molar-refractivity contribution is 6.14. The summed E-state index contributed by atoms with van der Waals surface area (Å²) in [6, 6.07) is 38.3. The Kier molecular flexibility index (Phi) is 5.17. The van der Waals surface area contributed by atoms with Gasteiger partial charge in [-0.25, -0.2) is 15.0 Å². The van der Waals surface area contributed by atoms with Gasteiger partial charge < -0.3 is 8.83 Å². The summed E-state index contributed by atoms with van der Waals surface area (Å²) in [4.78, 5) is 14.4. The van der Waals surface area contributed by atoms with E-state index in [4.69, 9.17) is 26.5 Å². The second-order valence-corrected chi connectivity index (χ2v) is 11.9. The van der Waals surface area contributed by atoms with E-state index in [0.29, 0.717) is 44.9 Å². The van der Waals surface area contributed by atoms with E-state index in [-0.39, 0.29) is 75.1 Å². The van der Waals surface area contributed by atoms with Crippen LogP contribution >= 0.6 is 0 Å². The molecule has 0 N–H and O–H groups in total. The van der Waals surface area contributed by atoms with E-state index < -0.39 is 0 Å². The standard InChI is InChI=1S/C45H27N3O2/c1-3-11-28(12-4-1)30-15-9-16-32(25-30)44-46-43(29-13-5-2-6-14-29)47-45(48-44)33-21-23-35-37-26-31(22-24-39(37)50-41(35)27-33)34-18-10-20-40-42(34)36-17-7-8-19-38(36)49-40/h1-27H/i21D,22D,23D,24D,26D,27D. The normalized spacial score (nSPS) is 13.3. The van der Waals surface area contributed by atoms with Gasteiger partial charge in [-0.2, -0.15) is 0 Å². The van der Waals surface area contributed by atoms with E-state index in [0.717, 1.165) is 16.5 Å². The van der Waals surface area contributed by atoms with Crippen LogP contribution in [0.25, 0.3) is 100 Å². The topological polar surface area (TPSA) is 65.0 Å². The van der Waals surface area contributed by atoms with Crippen molar-refractivity contribution in [2.24, 2.45) is 0 Å². The van der Waals surface area contributed by atoms with Crippen LogP contribution < -0.4 is 0 Å². The Bertz CT molecular complexity index is 3220. The van der Waals surface area contributed by atoms with Gasteiger partial charge in [0.05, 0.1) is 8.22 Å². The van der Waals surface area contributed by atoms with Crippen molar-refractivity contribution in [1.29, 1.82) is 0 Å². The maximum atomic E-state index is 9.50. The summed E-state index contributed by atoms with van der Waals surface area (Å²) >= 11 is 0. The second-order valence-electron chi connectivity index (χ2n) is 11.9. The van der Waals surface area contributed by atoms with Crippen LogP contribution in [-0.2, 0) is 0 Å². The smallest absolute Gasteiger partial charge is 0.164 e. The van der Waals surface area contributed by atoms with Gasteiger partial charge in [0.25, 0.3) is 0 Å². The van der Waals surface area contributed by atoms with Crippen molar-refractivity contribution >= 4 is 43.9 Å². The minimum atomic E-state index is -0.343. The SMILES string of the molecule is [2H]c1c(-c2cccc3oc4ccccc4c23)c([2H])c2c(oc3c([2H])c(-c4nc(-c5ccccc5)nc(-c5cccc(-c6ccccc6)c5)n4)c([2H])c([2H])c32)c1[2H]. The molecule has 0 radical (unpaired) electrons. The number of nitrogens with zero attached hydrogens (tertiary/aromatic N) is 3. The maximum absolute atomic E-state index is 9.50. The van der Waals surface area contributed by atoms with Crippen molar-refractivity contribution in [2.75, 3.05) is 0 Å². The Labute approximate surface area is 295 Å². The lowest BCUT2D eigenvalue weighted by atomic mass is 9.98. The molecule has 5 heteroatoms. The fraction of sp³-hybridized carbons (Fsp3) is 0. The molecular formula is C45H27N3O2. The molecule has 3 aromatic heterocycles.